The summed E-state index contributed by atoms with van der Waals surface area (Å²) in [6.45, 7) is 6.47. The predicted molar refractivity (Wildman–Crippen MR) is 117 cm³/mol. The fraction of sp³-hybridized carbons (Fsp3) is 0.391. The molecule has 3 amide bonds. The van der Waals surface area contributed by atoms with Crippen LogP contribution in [0.15, 0.2) is 48.5 Å². The smallest absolute Gasteiger partial charge is 0.319 e. The molecule has 1 aliphatic rings. The molecule has 2 aromatic carbocycles. The molecule has 29 heavy (non-hydrogen) atoms. The van der Waals surface area contributed by atoms with Crippen molar-refractivity contribution >= 4 is 23.3 Å². The Labute approximate surface area is 172 Å². The van der Waals surface area contributed by atoms with Crippen molar-refractivity contribution in [2.24, 2.45) is 0 Å². The van der Waals surface area contributed by atoms with Crippen LogP contribution in [0.3, 0.4) is 0 Å². The molecular weight excluding hydrogens is 364 g/mol. The zero-order chi connectivity index (χ0) is 20.8. The zero-order valence-electron chi connectivity index (χ0n) is 17.4. The van der Waals surface area contributed by atoms with Gasteiger partial charge in [0.05, 0.1) is 0 Å². The van der Waals surface area contributed by atoms with Gasteiger partial charge in [-0.15, -0.1) is 0 Å². The first-order chi connectivity index (χ1) is 13.9. The number of nitrogens with one attached hydrogen (secondary N) is 2. The number of amides is 3. The first kappa shape index (κ1) is 20.7. The molecule has 6 nitrogen and oxygen atoms in total. The Morgan fingerprint density at radius 1 is 1.07 bits per heavy atom. The minimum Gasteiger partial charge on any atom is -0.371 e. The molecule has 0 bridgehead atoms. The van der Waals surface area contributed by atoms with Crippen LogP contribution in [-0.2, 0) is 6.54 Å². The first-order valence-corrected chi connectivity index (χ1v) is 10.2. The maximum atomic E-state index is 13.0. The van der Waals surface area contributed by atoms with Crippen LogP contribution in [0.4, 0.5) is 16.2 Å². The molecule has 0 radical (unpaired) electrons. The van der Waals surface area contributed by atoms with Gasteiger partial charge in [-0.05, 0) is 56.5 Å². The lowest BCUT2D eigenvalue weighted by Gasteiger charge is -2.24. The molecule has 0 unspecified atom stereocenters. The predicted octanol–water partition coefficient (Wildman–Crippen LogP) is 4.09. The Balaban J connectivity index is 1.69. The molecule has 1 saturated heterocycles. The third-order valence-corrected chi connectivity index (χ3v) is 4.98. The summed E-state index contributed by atoms with van der Waals surface area (Å²) in [7, 11) is 1.81. The second-order valence-corrected chi connectivity index (χ2v) is 7.82. The number of carbonyl (C=O) groups is 2. The summed E-state index contributed by atoms with van der Waals surface area (Å²) in [6, 6.07) is 15.1. The van der Waals surface area contributed by atoms with Gasteiger partial charge in [0.2, 0.25) is 0 Å². The maximum Gasteiger partial charge on any atom is 0.319 e. The van der Waals surface area contributed by atoms with E-state index in [4.69, 9.17) is 0 Å². The fourth-order valence-electron chi connectivity index (χ4n) is 3.62. The van der Waals surface area contributed by atoms with Gasteiger partial charge in [0.1, 0.15) is 0 Å². The minimum atomic E-state index is -0.280. The normalized spacial score (nSPS) is 13.4. The van der Waals surface area contributed by atoms with Gasteiger partial charge >= 0.3 is 6.03 Å². The summed E-state index contributed by atoms with van der Waals surface area (Å²) < 4.78 is 0. The van der Waals surface area contributed by atoms with Crippen LogP contribution < -0.4 is 15.5 Å². The summed E-state index contributed by atoms with van der Waals surface area (Å²) in [6.07, 6.45) is 2.43. The molecule has 0 spiro atoms. The van der Waals surface area contributed by atoms with Gasteiger partial charge in [0.25, 0.3) is 5.91 Å². The molecule has 154 valence electrons. The van der Waals surface area contributed by atoms with Gasteiger partial charge in [-0.25, -0.2) is 4.79 Å². The van der Waals surface area contributed by atoms with Gasteiger partial charge in [0.15, 0.2) is 0 Å². The van der Waals surface area contributed by atoms with E-state index in [1.54, 1.807) is 29.2 Å². The van der Waals surface area contributed by atoms with Crippen molar-refractivity contribution in [3.05, 3.63) is 59.7 Å². The fourth-order valence-corrected chi connectivity index (χ4v) is 3.62. The van der Waals surface area contributed by atoms with Crippen molar-refractivity contribution in [2.45, 2.75) is 39.3 Å². The lowest BCUT2D eigenvalue weighted by molar-refractivity contribution is 0.0785. The number of anilines is 2. The van der Waals surface area contributed by atoms with Crippen LogP contribution in [0.2, 0.25) is 0 Å². The number of nitrogens with zero attached hydrogens (tertiary/aromatic N) is 2. The third-order valence-electron chi connectivity index (χ3n) is 4.98. The number of para-hydroxylation sites is 1. The quantitative estimate of drug-likeness (QED) is 0.776. The zero-order valence-corrected chi connectivity index (χ0v) is 17.4. The average molecular weight is 395 g/mol. The molecule has 1 fully saturated rings. The summed E-state index contributed by atoms with van der Waals surface area (Å²) in [4.78, 5) is 29.0. The van der Waals surface area contributed by atoms with Gasteiger partial charge in [-0.2, -0.15) is 0 Å². The van der Waals surface area contributed by atoms with Crippen LogP contribution in [0.1, 0.15) is 42.6 Å². The monoisotopic (exact) mass is 394 g/mol. The van der Waals surface area contributed by atoms with Crippen LogP contribution in [-0.4, -0.2) is 43.0 Å². The van der Waals surface area contributed by atoms with E-state index in [2.05, 4.69) is 33.7 Å². The van der Waals surface area contributed by atoms with Crippen molar-refractivity contribution in [2.75, 3.05) is 30.4 Å². The number of rotatable bonds is 6. The standard InChI is InChI=1S/C23H30N4O2/c1-17(2)24-23(29)25-20-11-8-10-18(15-20)22(28)26(3)16-19-9-4-5-12-21(19)27-13-6-7-14-27/h4-5,8-12,15,17H,6-7,13-14,16H2,1-3H3,(H2,24,25,29). The van der Waals surface area contributed by atoms with Crippen molar-refractivity contribution < 1.29 is 9.59 Å². The van der Waals surface area contributed by atoms with Crippen LogP contribution in [0.5, 0.6) is 0 Å². The molecule has 0 saturated carbocycles. The van der Waals surface area contributed by atoms with Gasteiger partial charge in [-0.3, -0.25) is 4.79 Å². The number of urea groups is 1. The van der Waals surface area contributed by atoms with E-state index >= 15 is 0 Å². The lowest BCUT2D eigenvalue weighted by Crippen LogP contribution is -2.34. The van der Waals surface area contributed by atoms with E-state index in [-0.39, 0.29) is 18.0 Å². The van der Waals surface area contributed by atoms with Crippen LogP contribution in [0, 0.1) is 0 Å². The molecule has 3 rings (SSSR count). The summed E-state index contributed by atoms with van der Waals surface area (Å²) >= 11 is 0. The second-order valence-electron chi connectivity index (χ2n) is 7.82. The summed E-state index contributed by atoms with van der Waals surface area (Å²) in [5.41, 5.74) is 3.51. The van der Waals surface area contributed by atoms with Gasteiger partial charge < -0.3 is 20.4 Å². The second kappa shape index (κ2) is 9.45. The highest BCUT2D eigenvalue weighted by molar-refractivity contribution is 5.96. The van der Waals surface area contributed by atoms with E-state index in [0.29, 0.717) is 17.8 Å². The van der Waals surface area contributed by atoms with Gasteiger partial charge in [-0.1, -0.05) is 24.3 Å². The molecular formula is C23H30N4O2. The van der Waals surface area contributed by atoms with Crippen molar-refractivity contribution in [3.8, 4) is 0 Å². The molecule has 1 aliphatic heterocycles. The number of hydrogen-bond acceptors (Lipinski definition) is 3. The largest absolute Gasteiger partial charge is 0.371 e. The third kappa shape index (κ3) is 5.50. The molecule has 2 N–H and O–H groups in total. The highest BCUT2D eigenvalue weighted by Crippen LogP contribution is 2.26. The maximum absolute atomic E-state index is 13.0. The Bertz CT molecular complexity index is 859. The van der Waals surface area contributed by atoms with Crippen molar-refractivity contribution in [1.82, 2.24) is 10.2 Å². The molecule has 0 atom stereocenters. The minimum absolute atomic E-state index is 0.0432. The van der Waals surface area contributed by atoms with Gasteiger partial charge in [0, 0.05) is 49.7 Å². The Hall–Kier alpha value is -3.02. The summed E-state index contributed by atoms with van der Waals surface area (Å²) in [5.74, 6) is -0.0749. The lowest BCUT2D eigenvalue weighted by atomic mass is 10.1. The number of benzene rings is 2. The molecule has 2 aromatic rings. The first-order valence-electron chi connectivity index (χ1n) is 10.2. The number of hydrogen-bond donors (Lipinski definition) is 2. The van der Waals surface area contributed by atoms with Crippen LogP contribution >= 0.6 is 0 Å². The molecule has 6 heteroatoms. The van der Waals surface area contributed by atoms with Crippen molar-refractivity contribution in [3.63, 3.8) is 0 Å². The Morgan fingerprint density at radius 2 is 1.79 bits per heavy atom. The molecule has 1 heterocycles. The van der Waals surface area contributed by atoms with E-state index < -0.39 is 0 Å². The van der Waals surface area contributed by atoms with E-state index in [1.807, 2.05) is 27.0 Å². The summed E-state index contributed by atoms with van der Waals surface area (Å²) in [5, 5.41) is 5.55. The van der Waals surface area contributed by atoms with Crippen molar-refractivity contribution in [1.29, 1.82) is 0 Å². The highest BCUT2D eigenvalue weighted by atomic mass is 16.2. The SMILES string of the molecule is CC(C)NC(=O)Nc1cccc(C(=O)N(C)Cc2ccccc2N2CCCC2)c1. The molecule has 0 aliphatic carbocycles. The van der Waals surface area contributed by atoms with E-state index in [0.717, 1.165) is 18.7 Å². The Kier molecular flexibility index (Phi) is 6.75. The number of carbonyl (C=O) groups excluding carboxylic acids is 2. The van der Waals surface area contributed by atoms with Crippen LogP contribution in [0.25, 0.3) is 0 Å². The van der Waals surface area contributed by atoms with E-state index in [9.17, 15) is 9.59 Å². The van der Waals surface area contributed by atoms with E-state index in [1.165, 1.54) is 18.5 Å². The molecule has 0 aromatic heterocycles. The average Bonchev–Trinajstić information content (AvgIpc) is 3.22. The Morgan fingerprint density at radius 3 is 2.52 bits per heavy atom. The highest BCUT2D eigenvalue weighted by Gasteiger charge is 2.18. The topological polar surface area (TPSA) is 64.7 Å².